The van der Waals surface area contributed by atoms with Crippen LogP contribution in [0.5, 0.6) is 0 Å². The lowest BCUT2D eigenvalue weighted by Gasteiger charge is -2.35. The average Bonchev–Trinajstić information content (AvgIpc) is 2.46. The second kappa shape index (κ2) is 5.30. The van der Waals surface area contributed by atoms with Crippen molar-refractivity contribution in [1.82, 2.24) is 10.3 Å². The average molecular weight is 254 g/mol. The maximum atomic E-state index is 4.41. The van der Waals surface area contributed by atoms with Crippen molar-refractivity contribution >= 4 is 10.9 Å². The van der Waals surface area contributed by atoms with Crippen molar-refractivity contribution in [2.24, 2.45) is 11.8 Å². The summed E-state index contributed by atoms with van der Waals surface area (Å²) in [6, 6.07) is 11.0. The van der Waals surface area contributed by atoms with E-state index < -0.39 is 0 Å². The molecule has 100 valence electrons. The molecule has 2 unspecified atom stereocenters. The van der Waals surface area contributed by atoms with Gasteiger partial charge in [0.2, 0.25) is 0 Å². The van der Waals surface area contributed by atoms with Gasteiger partial charge >= 0.3 is 0 Å². The number of hydrogen-bond donors (Lipinski definition) is 1. The van der Waals surface area contributed by atoms with Gasteiger partial charge in [-0.05, 0) is 61.0 Å². The summed E-state index contributed by atoms with van der Waals surface area (Å²) in [6.45, 7) is 6.97. The van der Waals surface area contributed by atoms with E-state index in [4.69, 9.17) is 0 Å². The van der Waals surface area contributed by atoms with Crippen molar-refractivity contribution in [3.8, 4) is 0 Å². The third-order valence-corrected chi connectivity index (χ3v) is 4.44. The maximum Gasteiger partial charge on any atom is 0.0702 e. The van der Waals surface area contributed by atoms with Crippen LogP contribution in [0.4, 0.5) is 0 Å². The lowest BCUT2D eigenvalue weighted by atomic mass is 9.75. The van der Waals surface area contributed by atoms with E-state index in [0.717, 1.165) is 30.4 Å². The first-order valence-corrected chi connectivity index (χ1v) is 7.31. The minimum Gasteiger partial charge on any atom is -0.316 e. The normalized spacial score (nSPS) is 23.9. The first-order valence-electron chi connectivity index (χ1n) is 7.31. The highest BCUT2D eigenvalue weighted by Gasteiger charge is 2.28. The Morgan fingerprint density at radius 2 is 2.16 bits per heavy atom. The molecule has 2 heteroatoms. The number of hydrogen-bond acceptors (Lipinski definition) is 2. The molecule has 0 aliphatic carbocycles. The van der Waals surface area contributed by atoms with Crippen molar-refractivity contribution < 1.29 is 0 Å². The zero-order chi connectivity index (χ0) is 13.2. The van der Waals surface area contributed by atoms with E-state index in [1.807, 2.05) is 12.3 Å². The molecule has 2 aromatic rings. The van der Waals surface area contributed by atoms with E-state index in [0.29, 0.717) is 5.92 Å². The smallest absolute Gasteiger partial charge is 0.0702 e. The molecule has 1 aliphatic rings. The highest BCUT2D eigenvalue weighted by Crippen LogP contribution is 2.35. The Hall–Kier alpha value is -1.41. The predicted octanol–water partition coefficient (Wildman–Crippen LogP) is 3.58. The van der Waals surface area contributed by atoms with Crippen LogP contribution < -0.4 is 5.32 Å². The van der Waals surface area contributed by atoms with Gasteiger partial charge < -0.3 is 5.32 Å². The minimum atomic E-state index is 0.686. The monoisotopic (exact) mass is 254 g/mol. The van der Waals surface area contributed by atoms with Gasteiger partial charge in [-0.25, -0.2) is 0 Å². The Morgan fingerprint density at radius 3 is 3.00 bits per heavy atom. The molecule has 1 N–H and O–H groups in total. The Kier molecular flexibility index (Phi) is 3.52. The zero-order valence-electron chi connectivity index (χ0n) is 11.8. The topological polar surface area (TPSA) is 24.9 Å². The number of pyridine rings is 1. The summed E-state index contributed by atoms with van der Waals surface area (Å²) in [7, 11) is 0. The molecule has 3 rings (SSSR count). The third kappa shape index (κ3) is 2.50. The van der Waals surface area contributed by atoms with Crippen LogP contribution >= 0.6 is 0 Å². The Labute approximate surface area is 115 Å². The van der Waals surface area contributed by atoms with Gasteiger partial charge in [0.1, 0.15) is 0 Å². The van der Waals surface area contributed by atoms with Gasteiger partial charge in [0.15, 0.2) is 0 Å². The highest BCUT2D eigenvalue weighted by atomic mass is 14.9. The molecule has 0 spiro atoms. The van der Waals surface area contributed by atoms with Crippen LogP contribution in [0.2, 0.25) is 0 Å². The van der Waals surface area contributed by atoms with E-state index >= 15 is 0 Å². The van der Waals surface area contributed by atoms with Gasteiger partial charge in [-0.15, -0.1) is 0 Å². The van der Waals surface area contributed by atoms with Crippen molar-refractivity contribution in [2.75, 3.05) is 13.1 Å². The van der Waals surface area contributed by atoms with E-state index in [2.05, 4.69) is 48.4 Å². The second-order valence-electron chi connectivity index (χ2n) is 5.96. The number of benzene rings is 1. The minimum absolute atomic E-state index is 0.686. The third-order valence-electron chi connectivity index (χ3n) is 4.44. The van der Waals surface area contributed by atoms with Gasteiger partial charge in [-0.3, -0.25) is 4.98 Å². The summed E-state index contributed by atoms with van der Waals surface area (Å²) in [4.78, 5) is 4.41. The van der Waals surface area contributed by atoms with Crippen LogP contribution in [-0.2, 0) is 0 Å². The van der Waals surface area contributed by atoms with Gasteiger partial charge in [0, 0.05) is 11.6 Å². The SMILES string of the molecule is CC(C)C1CNCCC1c1ccc2ncccc2c1. The van der Waals surface area contributed by atoms with Gasteiger partial charge in [-0.2, -0.15) is 0 Å². The van der Waals surface area contributed by atoms with Crippen LogP contribution in [0.3, 0.4) is 0 Å². The van der Waals surface area contributed by atoms with E-state index in [-0.39, 0.29) is 0 Å². The Bertz CT molecular complexity index is 562. The highest BCUT2D eigenvalue weighted by molar-refractivity contribution is 5.79. The molecule has 1 saturated heterocycles. The summed E-state index contributed by atoms with van der Waals surface area (Å²) in [6.07, 6.45) is 3.11. The summed E-state index contributed by atoms with van der Waals surface area (Å²) in [5.41, 5.74) is 2.59. The number of rotatable bonds is 2. The number of aromatic nitrogens is 1. The fraction of sp³-hybridized carbons (Fsp3) is 0.471. The van der Waals surface area contributed by atoms with Crippen molar-refractivity contribution in [1.29, 1.82) is 0 Å². The van der Waals surface area contributed by atoms with Crippen molar-refractivity contribution in [2.45, 2.75) is 26.2 Å². The largest absolute Gasteiger partial charge is 0.316 e. The molecule has 2 atom stereocenters. The number of nitrogens with zero attached hydrogens (tertiary/aromatic N) is 1. The summed E-state index contributed by atoms with van der Waals surface area (Å²) < 4.78 is 0. The van der Waals surface area contributed by atoms with Gasteiger partial charge in [0.25, 0.3) is 0 Å². The number of nitrogens with one attached hydrogen (secondary N) is 1. The van der Waals surface area contributed by atoms with Crippen LogP contribution in [0.1, 0.15) is 31.7 Å². The van der Waals surface area contributed by atoms with E-state index in [1.54, 1.807) is 0 Å². The lowest BCUT2D eigenvalue weighted by molar-refractivity contribution is 0.255. The molecule has 1 aliphatic heterocycles. The molecule has 0 bridgehead atoms. The number of piperidine rings is 1. The lowest BCUT2D eigenvalue weighted by Crippen LogP contribution is -2.38. The van der Waals surface area contributed by atoms with Gasteiger partial charge in [0.05, 0.1) is 5.52 Å². The fourth-order valence-corrected chi connectivity index (χ4v) is 3.32. The van der Waals surface area contributed by atoms with E-state index in [9.17, 15) is 0 Å². The first-order chi connectivity index (χ1) is 9.25. The number of fused-ring (bicyclic) bond motifs is 1. The molecule has 2 nitrogen and oxygen atoms in total. The van der Waals surface area contributed by atoms with Crippen LogP contribution in [-0.4, -0.2) is 18.1 Å². The van der Waals surface area contributed by atoms with Gasteiger partial charge in [-0.1, -0.05) is 26.0 Å². The predicted molar refractivity (Wildman–Crippen MR) is 80.3 cm³/mol. The molecule has 0 radical (unpaired) electrons. The molecule has 1 aromatic carbocycles. The molecular formula is C17H22N2. The first kappa shape index (κ1) is 12.6. The fourth-order valence-electron chi connectivity index (χ4n) is 3.32. The molecule has 19 heavy (non-hydrogen) atoms. The quantitative estimate of drug-likeness (QED) is 0.886. The standard InChI is InChI=1S/C17H22N2/c1-12(2)16-11-18-9-7-15(16)13-5-6-17-14(10-13)4-3-8-19-17/h3-6,8,10,12,15-16,18H,7,9,11H2,1-2H3. The van der Waals surface area contributed by atoms with Crippen LogP contribution in [0.25, 0.3) is 10.9 Å². The molecule has 0 amide bonds. The van der Waals surface area contributed by atoms with Crippen molar-refractivity contribution in [3.05, 3.63) is 42.1 Å². The second-order valence-corrected chi connectivity index (χ2v) is 5.96. The molecule has 1 aromatic heterocycles. The van der Waals surface area contributed by atoms with Crippen LogP contribution in [0, 0.1) is 11.8 Å². The van der Waals surface area contributed by atoms with Crippen LogP contribution in [0.15, 0.2) is 36.5 Å². The molecule has 0 saturated carbocycles. The molecular weight excluding hydrogens is 232 g/mol. The van der Waals surface area contributed by atoms with Crippen molar-refractivity contribution in [3.63, 3.8) is 0 Å². The zero-order valence-corrected chi connectivity index (χ0v) is 11.8. The summed E-state index contributed by atoms with van der Waals surface area (Å²) in [5.74, 6) is 2.15. The molecule has 1 fully saturated rings. The summed E-state index contributed by atoms with van der Waals surface area (Å²) >= 11 is 0. The Balaban J connectivity index is 1.97. The maximum absolute atomic E-state index is 4.41. The molecule has 2 heterocycles. The summed E-state index contributed by atoms with van der Waals surface area (Å²) in [5, 5.41) is 4.81. The Morgan fingerprint density at radius 1 is 1.26 bits per heavy atom. The van der Waals surface area contributed by atoms with E-state index in [1.165, 1.54) is 17.4 Å².